The number of pyridine rings is 1. The third-order valence-electron chi connectivity index (χ3n) is 5.80. The molecule has 0 spiro atoms. The molecule has 2 aromatic heterocycles. The lowest BCUT2D eigenvalue weighted by Crippen LogP contribution is -2.30. The minimum absolute atomic E-state index is 0.00459. The minimum atomic E-state index is -0.931. The van der Waals surface area contributed by atoms with Gasteiger partial charge in [-0.3, -0.25) is 4.98 Å². The van der Waals surface area contributed by atoms with E-state index < -0.39 is 5.97 Å². The first kappa shape index (κ1) is 21.1. The average Bonchev–Trinajstić information content (AvgIpc) is 3.24. The van der Waals surface area contributed by atoms with Crippen molar-refractivity contribution in [2.45, 2.75) is 39.3 Å². The molecule has 31 heavy (non-hydrogen) atoms. The maximum atomic E-state index is 11.5. The topological polar surface area (TPSA) is 70.4 Å². The van der Waals surface area contributed by atoms with E-state index in [1.807, 2.05) is 31.2 Å². The third-order valence-corrected chi connectivity index (χ3v) is 6.15. The molecule has 1 fully saturated rings. The Labute approximate surface area is 187 Å². The van der Waals surface area contributed by atoms with E-state index in [-0.39, 0.29) is 17.6 Å². The number of nitrogens with zero attached hydrogens (tertiary/aromatic N) is 3. The summed E-state index contributed by atoms with van der Waals surface area (Å²) < 4.78 is 2.11. The number of rotatable bonds is 6. The molecule has 2 atom stereocenters. The van der Waals surface area contributed by atoms with Crippen LogP contribution in [0, 0.1) is 13.8 Å². The molecule has 6 nitrogen and oxygen atoms in total. The summed E-state index contributed by atoms with van der Waals surface area (Å²) in [4.78, 5) is 18.3. The van der Waals surface area contributed by atoms with Crippen LogP contribution in [-0.2, 0) is 0 Å². The van der Waals surface area contributed by atoms with E-state index in [9.17, 15) is 9.90 Å². The smallest absolute Gasteiger partial charge is 0.335 e. The van der Waals surface area contributed by atoms with Crippen molar-refractivity contribution in [3.63, 3.8) is 0 Å². The number of thiocarbonyl (C=S) groups is 1. The van der Waals surface area contributed by atoms with Crippen molar-refractivity contribution in [1.82, 2.24) is 19.8 Å². The van der Waals surface area contributed by atoms with Gasteiger partial charge in [0.25, 0.3) is 0 Å². The molecule has 0 aliphatic carbocycles. The van der Waals surface area contributed by atoms with Crippen LogP contribution in [0.25, 0.3) is 5.69 Å². The summed E-state index contributed by atoms with van der Waals surface area (Å²) in [5, 5.41) is 13.6. The zero-order valence-corrected chi connectivity index (χ0v) is 18.7. The Balaban J connectivity index is 1.83. The normalized spacial score (nSPS) is 18.3. The second-order valence-corrected chi connectivity index (χ2v) is 8.22. The summed E-state index contributed by atoms with van der Waals surface area (Å²) >= 11 is 5.70. The molecule has 1 saturated heterocycles. The Hall–Kier alpha value is -3.19. The molecule has 0 amide bonds. The molecule has 0 radical (unpaired) electrons. The number of hydrogen-bond acceptors (Lipinski definition) is 3. The quantitative estimate of drug-likeness (QED) is 0.554. The highest BCUT2D eigenvalue weighted by molar-refractivity contribution is 7.80. The lowest BCUT2D eigenvalue weighted by molar-refractivity contribution is 0.0697. The summed E-state index contributed by atoms with van der Waals surface area (Å²) in [6.45, 7) is 7.12. The third kappa shape index (κ3) is 3.81. The van der Waals surface area contributed by atoms with Crippen LogP contribution in [-0.4, -0.2) is 37.2 Å². The molecular weight excluding hydrogens is 408 g/mol. The highest BCUT2D eigenvalue weighted by Gasteiger charge is 2.40. The largest absolute Gasteiger partial charge is 0.478 e. The van der Waals surface area contributed by atoms with Crippen LogP contribution in [0.1, 0.15) is 58.4 Å². The number of carboxylic acid groups (broad SMARTS) is 1. The maximum Gasteiger partial charge on any atom is 0.335 e. The van der Waals surface area contributed by atoms with Gasteiger partial charge in [0.15, 0.2) is 5.11 Å². The van der Waals surface area contributed by atoms with Gasteiger partial charge in [0, 0.05) is 29.8 Å². The summed E-state index contributed by atoms with van der Waals surface area (Å²) in [6, 6.07) is 15.1. The Morgan fingerprint density at radius 2 is 2.00 bits per heavy atom. The zero-order valence-electron chi connectivity index (χ0n) is 17.9. The van der Waals surface area contributed by atoms with Gasteiger partial charge in [-0.05, 0) is 74.4 Å². The van der Waals surface area contributed by atoms with Gasteiger partial charge in [-0.2, -0.15) is 0 Å². The predicted molar refractivity (Wildman–Crippen MR) is 125 cm³/mol. The SMILES string of the molecule is CCCN1C(=S)NC(c2ccccn2)C1c1cc(C)n(-c2cccc(C(=O)O)c2)c1C. The van der Waals surface area contributed by atoms with Crippen LogP contribution in [0.4, 0.5) is 0 Å². The molecule has 1 aliphatic rings. The van der Waals surface area contributed by atoms with Crippen LogP contribution in [0.2, 0.25) is 0 Å². The Morgan fingerprint density at radius 1 is 1.19 bits per heavy atom. The fourth-order valence-electron chi connectivity index (χ4n) is 4.49. The number of nitrogens with one attached hydrogen (secondary N) is 1. The standard InChI is InChI=1S/C24H26N4O2S/c1-4-12-27-22(21(26-24(27)31)20-10-5-6-11-25-20)19-13-15(2)28(16(19)3)18-9-7-8-17(14-18)23(29)30/h5-11,13-14,21-22H,4,12H2,1-3H3,(H,26,31)(H,29,30). The fourth-order valence-corrected chi connectivity index (χ4v) is 4.82. The lowest BCUT2D eigenvalue weighted by Gasteiger charge is -2.27. The lowest BCUT2D eigenvalue weighted by atomic mass is 9.96. The fraction of sp³-hybridized carbons (Fsp3) is 0.292. The first-order chi connectivity index (χ1) is 14.9. The van der Waals surface area contributed by atoms with Crippen molar-refractivity contribution in [3.8, 4) is 5.69 Å². The summed E-state index contributed by atoms with van der Waals surface area (Å²) in [6.07, 6.45) is 2.78. The van der Waals surface area contributed by atoms with Gasteiger partial charge in [-0.25, -0.2) is 4.79 Å². The summed E-state index contributed by atoms with van der Waals surface area (Å²) in [5.41, 5.74) is 5.34. The van der Waals surface area contributed by atoms with Crippen molar-refractivity contribution < 1.29 is 9.90 Å². The Kier molecular flexibility index (Phi) is 5.78. The monoisotopic (exact) mass is 434 g/mol. The van der Waals surface area contributed by atoms with Crippen molar-refractivity contribution in [2.24, 2.45) is 0 Å². The molecule has 0 saturated carbocycles. The second kappa shape index (κ2) is 8.51. The van der Waals surface area contributed by atoms with E-state index in [1.165, 1.54) is 0 Å². The van der Waals surface area contributed by atoms with Crippen molar-refractivity contribution in [1.29, 1.82) is 0 Å². The molecule has 160 valence electrons. The van der Waals surface area contributed by atoms with Crippen molar-refractivity contribution in [3.05, 3.63) is 82.9 Å². The van der Waals surface area contributed by atoms with Gasteiger partial charge < -0.3 is 19.9 Å². The molecule has 7 heteroatoms. The van der Waals surface area contributed by atoms with E-state index in [0.717, 1.165) is 46.4 Å². The maximum absolute atomic E-state index is 11.5. The van der Waals surface area contributed by atoms with Crippen LogP contribution in [0.5, 0.6) is 0 Å². The van der Waals surface area contributed by atoms with Gasteiger partial charge in [0.1, 0.15) is 0 Å². The van der Waals surface area contributed by atoms with Crippen LogP contribution < -0.4 is 5.32 Å². The van der Waals surface area contributed by atoms with E-state index in [2.05, 4.69) is 39.7 Å². The molecule has 1 aliphatic heterocycles. The number of benzene rings is 1. The van der Waals surface area contributed by atoms with Crippen LogP contribution >= 0.6 is 12.2 Å². The molecule has 1 aromatic carbocycles. The second-order valence-electron chi connectivity index (χ2n) is 7.84. The highest BCUT2D eigenvalue weighted by atomic mass is 32.1. The Morgan fingerprint density at radius 3 is 2.68 bits per heavy atom. The summed E-state index contributed by atoms with van der Waals surface area (Å²) in [5.74, 6) is -0.931. The molecule has 3 aromatic rings. The number of aromatic nitrogens is 2. The first-order valence-corrected chi connectivity index (χ1v) is 10.8. The molecule has 2 N–H and O–H groups in total. The average molecular weight is 435 g/mol. The molecule has 3 heterocycles. The van der Waals surface area contributed by atoms with E-state index in [1.54, 1.807) is 24.4 Å². The van der Waals surface area contributed by atoms with Crippen molar-refractivity contribution in [2.75, 3.05) is 6.54 Å². The van der Waals surface area contributed by atoms with Gasteiger partial charge in [-0.15, -0.1) is 0 Å². The van der Waals surface area contributed by atoms with Gasteiger partial charge in [0.05, 0.1) is 23.3 Å². The van der Waals surface area contributed by atoms with E-state index in [0.29, 0.717) is 0 Å². The van der Waals surface area contributed by atoms with E-state index >= 15 is 0 Å². The van der Waals surface area contributed by atoms with Crippen LogP contribution in [0.15, 0.2) is 54.7 Å². The molecule has 4 rings (SSSR count). The molecule has 0 bridgehead atoms. The van der Waals surface area contributed by atoms with Gasteiger partial charge >= 0.3 is 5.97 Å². The number of carbonyl (C=O) groups is 1. The van der Waals surface area contributed by atoms with E-state index in [4.69, 9.17) is 12.2 Å². The Bertz CT molecular complexity index is 1130. The number of aromatic carboxylic acids is 1. The first-order valence-electron chi connectivity index (χ1n) is 10.4. The van der Waals surface area contributed by atoms with Crippen LogP contribution in [0.3, 0.4) is 0 Å². The minimum Gasteiger partial charge on any atom is -0.478 e. The predicted octanol–water partition coefficient (Wildman–Crippen LogP) is 4.57. The van der Waals surface area contributed by atoms with Gasteiger partial charge in [0.2, 0.25) is 0 Å². The molecule has 2 unspecified atom stereocenters. The van der Waals surface area contributed by atoms with Gasteiger partial charge in [-0.1, -0.05) is 19.1 Å². The summed E-state index contributed by atoms with van der Waals surface area (Å²) in [7, 11) is 0. The number of aryl methyl sites for hydroxylation is 1. The number of carboxylic acids is 1. The highest BCUT2D eigenvalue weighted by Crippen LogP contribution is 2.41. The molecular formula is C24H26N4O2S. The zero-order chi connectivity index (χ0) is 22.1. The van der Waals surface area contributed by atoms with Crippen molar-refractivity contribution >= 4 is 23.3 Å². The number of hydrogen-bond donors (Lipinski definition) is 2.